The van der Waals surface area contributed by atoms with Gasteiger partial charge in [-0.3, -0.25) is 4.79 Å². The molecule has 0 aliphatic carbocycles. The molecule has 1 amide bonds. The van der Waals surface area contributed by atoms with Crippen molar-refractivity contribution in [3.63, 3.8) is 0 Å². The van der Waals surface area contributed by atoms with E-state index in [9.17, 15) is 4.79 Å². The van der Waals surface area contributed by atoms with Crippen molar-refractivity contribution in [2.75, 3.05) is 13.2 Å². The minimum Gasteiger partial charge on any atom is -0.490 e. The molecule has 0 aliphatic heterocycles. The predicted octanol–water partition coefficient (Wildman–Crippen LogP) is 3.67. The lowest BCUT2D eigenvalue weighted by Gasteiger charge is -2.16. The van der Waals surface area contributed by atoms with Gasteiger partial charge in [0.2, 0.25) is 0 Å². The Morgan fingerprint density at radius 2 is 1.96 bits per heavy atom. The monoisotopic (exact) mass is 332 g/mol. The lowest BCUT2D eigenvalue weighted by molar-refractivity contribution is -0.123. The summed E-state index contributed by atoms with van der Waals surface area (Å²) in [5.74, 6) is 1.48. The molecule has 0 radical (unpaired) electrons. The third-order valence-electron chi connectivity index (χ3n) is 3.56. The SMILES string of the molecule is CCOc1cc(C#N)ccc1OCC(=O)NC(C)CCCC(C)C. The molecule has 132 valence electrons. The fourth-order valence-corrected chi connectivity index (χ4v) is 2.33. The van der Waals surface area contributed by atoms with E-state index in [-0.39, 0.29) is 18.6 Å². The van der Waals surface area contributed by atoms with Crippen LogP contribution in [0.4, 0.5) is 0 Å². The van der Waals surface area contributed by atoms with Crippen molar-refractivity contribution in [2.24, 2.45) is 5.92 Å². The second kappa shape index (κ2) is 10.5. The molecule has 1 atom stereocenters. The van der Waals surface area contributed by atoms with Gasteiger partial charge in [-0.25, -0.2) is 0 Å². The summed E-state index contributed by atoms with van der Waals surface area (Å²) in [7, 11) is 0. The van der Waals surface area contributed by atoms with Gasteiger partial charge in [0.05, 0.1) is 18.2 Å². The van der Waals surface area contributed by atoms with Crippen LogP contribution in [-0.2, 0) is 4.79 Å². The number of carbonyl (C=O) groups is 1. The van der Waals surface area contributed by atoms with Crippen LogP contribution in [0.5, 0.6) is 11.5 Å². The quantitative estimate of drug-likeness (QED) is 0.709. The second-order valence-electron chi connectivity index (χ2n) is 6.29. The highest BCUT2D eigenvalue weighted by Crippen LogP contribution is 2.28. The van der Waals surface area contributed by atoms with Crippen LogP contribution in [0.1, 0.15) is 52.5 Å². The molecule has 1 rings (SSSR count). The summed E-state index contributed by atoms with van der Waals surface area (Å²) in [5, 5.41) is 11.9. The van der Waals surface area contributed by atoms with Crippen LogP contribution in [0.25, 0.3) is 0 Å². The van der Waals surface area contributed by atoms with Crippen LogP contribution >= 0.6 is 0 Å². The van der Waals surface area contributed by atoms with Gasteiger partial charge in [-0.15, -0.1) is 0 Å². The Morgan fingerprint density at radius 1 is 1.21 bits per heavy atom. The molecule has 0 aromatic heterocycles. The van der Waals surface area contributed by atoms with Gasteiger partial charge in [0.1, 0.15) is 0 Å². The molecule has 1 aromatic rings. The Kier molecular flexibility index (Phi) is 8.70. The van der Waals surface area contributed by atoms with E-state index >= 15 is 0 Å². The van der Waals surface area contributed by atoms with Crippen LogP contribution in [0, 0.1) is 17.2 Å². The van der Waals surface area contributed by atoms with Crippen molar-refractivity contribution in [3.8, 4) is 17.6 Å². The molecule has 1 unspecified atom stereocenters. The van der Waals surface area contributed by atoms with E-state index < -0.39 is 0 Å². The molecular formula is C19H28N2O3. The van der Waals surface area contributed by atoms with Crippen LogP contribution in [0.3, 0.4) is 0 Å². The van der Waals surface area contributed by atoms with Crippen molar-refractivity contribution in [2.45, 2.75) is 53.0 Å². The van der Waals surface area contributed by atoms with Crippen molar-refractivity contribution in [1.29, 1.82) is 5.26 Å². The number of nitriles is 1. The third-order valence-corrected chi connectivity index (χ3v) is 3.56. The maximum atomic E-state index is 12.0. The average molecular weight is 332 g/mol. The van der Waals surface area contributed by atoms with Gasteiger partial charge < -0.3 is 14.8 Å². The van der Waals surface area contributed by atoms with Gasteiger partial charge >= 0.3 is 0 Å². The van der Waals surface area contributed by atoms with Gasteiger partial charge in [0.15, 0.2) is 18.1 Å². The molecule has 0 spiro atoms. The standard InChI is InChI=1S/C19H28N2O3/c1-5-23-18-11-16(12-20)9-10-17(18)24-13-19(22)21-15(4)8-6-7-14(2)3/h9-11,14-15H,5-8,13H2,1-4H3,(H,21,22). The van der Waals surface area contributed by atoms with E-state index in [0.717, 1.165) is 12.8 Å². The third kappa shape index (κ3) is 7.36. The smallest absolute Gasteiger partial charge is 0.258 e. The van der Waals surface area contributed by atoms with Crippen molar-refractivity contribution >= 4 is 5.91 Å². The first-order chi connectivity index (χ1) is 11.5. The zero-order valence-corrected chi connectivity index (χ0v) is 15.1. The van der Waals surface area contributed by atoms with Crippen molar-refractivity contribution < 1.29 is 14.3 Å². The Labute approximate surface area is 145 Å². The van der Waals surface area contributed by atoms with E-state index in [0.29, 0.717) is 29.6 Å². The maximum Gasteiger partial charge on any atom is 0.258 e. The van der Waals surface area contributed by atoms with Gasteiger partial charge in [-0.05, 0) is 38.3 Å². The normalized spacial score (nSPS) is 11.7. The Hall–Kier alpha value is -2.22. The first-order valence-corrected chi connectivity index (χ1v) is 8.55. The first-order valence-electron chi connectivity index (χ1n) is 8.55. The average Bonchev–Trinajstić information content (AvgIpc) is 2.53. The lowest BCUT2D eigenvalue weighted by Crippen LogP contribution is -2.36. The molecule has 5 nitrogen and oxygen atoms in total. The summed E-state index contributed by atoms with van der Waals surface area (Å²) in [6.07, 6.45) is 3.23. The Bertz CT molecular complexity index is 564. The number of ether oxygens (including phenoxy) is 2. The van der Waals surface area contributed by atoms with Crippen LogP contribution < -0.4 is 14.8 Å². The number of hydrogen-bond acceptors (Lipinski definition) is 4. The van der Waals surface area contributed by atoms with E-state index in [2.05, 4.69) is 25.2 Å². The summed E-state index contributed by atoms with van der Waals surface area (Å²) in [6.45, 7) is 8.65. The highest BCUT2D eigenvalue weighted by molar-refractivity contribution is 5.77. The largest absolute Gasteiger partial charge is 0.490 e. The molecule has 0 heterocycles. The van der Waals surface area contributed by atoms with E-state index in [1.807, 2.05) is 13.8 Å². The summed E-state index contributed by atoms with van der Waals surface area (Å²) in [5.41, 5.74) is 0.494. The highest BCUT2D eigenvalue weighted by Gasteiger charge is 2.11. The fraction of sp³-hybridized carbons (Fsp3) is 0.579. The molecule has 24 heavy (non-hydrogen) atoms. The van der Waals surface area contributed by atoms with Gasteiger partial charge in [0.25, 0.3) is 5.91 Å². The van der Waals surface area contributed by atoms with Crippen LogP contribution in [0.2, 0.25) is 0 Å². The fourth-order valence-electron chi connectivity index (χ4n) is 2.33. The van der Waals surface area contributed by atoms with E-state index in [4.69, 9.17) is 14.7 Å². The molecule has 0 bridgehead atoms. The second-order valence-corrected chi connectivity index (χ2v) is 6.29. The van der Waals surface area contributed by atoms with Gasteiger partial charge in [-0.1, -0.05) is 26.7 Å². The predicted molar refractivity (Wildman–Crippen MR) is 94.1 cm³/mol. The molecule has 0 aliphatic rings. The summed E-state index contributed by atoms with van der Waals surface area (Å²) < 4.78 is 11.0. The molecule has 1 aromatic carbocycles. The molecule has 1 N–H and O–H groups in total. The Morgan fingerprint density at radius 3 is 2.58 bits per heavy atom. The lowest BCUT2D eigenvalue weighted by atomic mass is 10.0. The van der Waals surface area contributed by atoms with Crippen LogP contribution in [0.15, 0.2) is 18.2 Å². The first kappa shape index (κ1) is 19.8. The van der Waals surface area contributed by atoms with E-state index in [1.54, 1.807) is 18.2 Å². The number of nitrogens with one attached hydrogen (secondary N) is 1. The summed E-state index contributed by atoms with van der Waals surface area (Å²) in [4.78, 5) is 12.0. The minimum absolute atomic E-state index is 0.0690. The maximum absolute atomic E-state index is 12.0. The molecule has 0 fully saturated rings. The number of amides is 1. The topological polar surface area (TPSA) is 71.3 Å². The van der Waals surface area contributed by atoms with Crippen LogP contribution in [-0.4, -0.2) is 25.2 Å². The van der Waals surface area contributed by atoms with Crippen molar-refractivity contribution in [1.82, 2.24) is 5.32 Å². The van der Waals surface area contributed by atoms with Gasteiger partial charge in [0, 0.05) is 12.1 Å². The number of rotatable bonds is 10. The number of benzene rings is 1. The minimum atomic E-state index is -0.154. The Balaban J connectivity index is 2.47. The van der Waals surface area contributed by atoms with E-state index in [1.165, 1.54) is 6.42 Å². The summed E-state index contributed by atoms with van der Waals surface area (Å²) >= 11 is 0. The zero-order chi connectivity index (χ0) is 17.9. The highest BCUT2D eigenvalue weighted by atomic mass is 16.5. The number of nitrogens with zero attached hydrogens (tertiary/aromatic N) is 1. The molecule has 0 saturated carbocycles. The van der Waals surface area contributed by atoms with Crippen molar-refractivity contribution in [3.05, 3.63) is 23.8 Å². The number of carbonyl (C=O) groups excluding carboxylic acids is 1. The zero-order valence-electron chi connectivity index (χ0n) is 15.1. The number of hydrogen-bond donors (Lipinski definition) is 1. The van der Waals surface area contributed by atoms with Gasteiger partial charge in [-0.2, -0.15) is 5.26 Å². The molecule has 0 saturated heterocycles. The molecular weight excluding hydrogens is 304 g/mol. The summed E-state index contributed by atoms with van der Waals surface area (Å²) in [6, 6.07) is 7.10. The molecule has 5 heteroatoms.